The Morgan fingerprint density at radius 3 is 2.81 bits per heavy atom. The number of hydrogen-bond donors (Lipinski definition) is 1. The largest absolute Gasteiger partial charge is 0.495 e. The summed E-state index contributed by atoms with van der Waals surface area (Å²) < 4.78 is 11.3. The second kappa shape index (κ2) is 7.80. The molecule has 1 N–H and O–H groups in total. The van der Waals surface area contributed by atoms with E-state index in [1.54, 1.807) is 26.4 Å². The van der Waals surface area contributed by atoms with Gasteiger partial charge in [0.2, 0.25) is 0 Å². The minimum Gasteiger partial charge on any atom is -0.495 e. The number of halogens is 1. The molecule has 5 heteroatoms. The summed E-state index contributed by atoms with van der Waals surface area (Å²) in [4.78, 5) is 12.5. The fourth-order valence-electron chi connectivity index (χ4n) is 2.76. The molecule has 4 nitrogen and oxygen atoms in total. The Balaban J connectivity index is 2.06. The molecule has 1 unspecified atom stereocenters. The van der Waals surface area contributed by atoms with Gasteiger partial charge < -0.3 is 14.8 Å². The zero-order chi connectivity index (χ0) is 15.2. The maximum atomic E-state index is 12.5. The van der Waals surface area contributed by atoms with E-state index in [2.05, 4.69) is 21.2 Å². The van der Waals surface area contributed by atoms with Crippen LogP contribution in [0.25, 0.3) is 0 Å². The van der Waals surface area contributed by atoms with E-state index in [9.17, 15) is 4.79 Å². The highest BCUT2D eigenvalue weighted by molar-refractivity contribution is 9.10. The van der Waals surface area contributed by atoms with Crippen molar-refractivity contribution < 1.29 is 14.3 Å². The lowest BCUT2D eigenvalue weighted by molar-refractivity contribution is 0.0968. The van der Waals surface area contributed by atoms with Crippen LogP contribution in [0.15, 0.2) is 16.6 Å². The number of benzene rings is 1. The average Bonchev–Trinajstić information content (AvgIpc) is 2.53. The summed E-state index contributed by atoms with van der Waals surface area (Å²) >= 11 is 3.44. The molecule has 2 rings (SSSR count). The van der Waals surface area contributed by atoms with E-state index in [0.29, 0.717) is 33.9 Å². The standard InChI is InChI=1S/C16H22BrNO3/c1-20-14-8-6-12(16(21-2)15(14)17)13(19)7-5-11-4-3-9-18-10-11/h6,8,11,18H,3-5,7,9-10H2,1-2H3. The first-order valence-electron chi connectivity index (χ1n) is 7.31. The highest BCUT2D eigenvalue weighted by atomic mass is 79.9. The van der Waals surface area contributed by atoms with Crippen molar-refractivity contribution in [3.8, 4) is 11.5 Å². The van der Waals surface area contributed by atoms with E-state index in [4.69, 9.17) is 9.47 Å². The number of ketones is 1. The van der Waals surface area contributed by atoms with Crippen LogP contribution in [0, 0.1) is 5.92 Å². The molecular weight excluding hydrogens is 334 g/mol. The van der Waals surface area contributed by atoms with E-state index in [1.807, 2.05) is 0 Å². The number of carbonyl (C=O) groups excluding carboxylic acids is 1. The summed E-state index contributed by atoms with van der Waals surface area (Å²) in [6.45, 7) is 2.13. The maximum Gasteiger partial charge on any atom is 0.166 e. The molecule has 0 spiro atoms. The van der Waals surface area contributed by atoms with E-state index in [1.165, 1.54) is 12.8 Å². The van der Waals surface area contributed by atoms with Crippen LogP contribution in [0.5, 0.6) is 11.5 Å². The molecule has 0 saturated carbocycles. The van der Waals surface area contributed by atoms with Gasteiger partial charge in [0.15, 0.2) is 5.78 Å². The Labute approximate surface area is 134 Å². The number of Topliss-reactive ketones (excluding diaryl/α,β-unsaturated/α-hetero) is 1. The monoisotopic (exact) mass is 355 g/mol. The summed E-state index contributed by atoms with van der Waals surface area (Å²) in [6.07, 6.45) is 3.90. The van der Waals surface area contributed by atoms with Crippen molar-refractivity contribution in [1.82, 2.24) is 5.32 Å². The van der Waals surface area contributed by atoms with Crippen molar-refractivity contribution in [2.24, 2.45) is 5.92 Å². The van der Waals surface area contributed by atoms with Gasteiger partial charge in [-0.2, -0.15) is 0 Å². The number of ether oxygens (including phenoxy) is 2. The minimum atomic E-state index is 0.126. The van der Waals surface area contributed by atoms with E-state index >= 15 is 0 Å². The van der Waals surface area contributed by atoms with Gasteiger partial charge in [-0.3, -0.25) is 4.79 Å². The topological polar surface area (TPSA) is 47.6 Å². The minimum absolute atomic E-state index is 0.126. The van der Waals surface area contributed by atoms with E-state index < -0.39 is 0 Å². The number of carbonyl (C=O) groups is 1. The molecule has 0 radical (unpaired) electrons. The molecule has 1 aliphatic heterocycles. The molecule has 1 heterocycles. The molecule has 1 atom stereocenters. The zero-order valence-electron chi connectivity index (χ0n) is 12.6. The first-order chi connectivity index (χ1) is 10.2. The van der Waals surface area contributed by atoms with Gasteiger partial charge in [0.1, 0.15) is 16.0 Å². The first kappa shape index (κ1) is 16.3. The third kappa shape index (κ3) is 3.98. The fraction of sp³-hybridized carbons (Fsp3) is 0.562. The Kier molecular flexibility index (Phi) is 6.06. The SMILES string of the molecule is COc1ccc(C(=O)CCC2CCCNC2)c(OC)c1Br. The molecule has 1 aromatic rings. The number of methoxy groups -OCH3 is 2. The van der Waals surface area contributed by atoms with Gasteiger partial charge >= 0.3 is 0 Å². The quantitative estimate of drug-likeness (QED) is 0.794. The molecule has 21 heavy (non-hydrogen) atoms. The van der Waals surface area contributed by atoms with Gasteiger partial charge in [0, 0.05) is 6.42 Å². The zero-order valence-corrected chi connectivity index (χ0v) is 14.2. The van der Waals surface area contributed by atoms with Crippen LogP contribution in [0.1, 0.15) is 36.0 Å². The van der Waals surface area contributed by atoms with Crippen molar-refractivity contribution in [3.63, 3.8) is 0 Å². The third-order valence-corrected chi connectivity index (χ3v) is 4.72. The van der Waals surface area contributed by atoms with Crippen LogP contribution < -0.4 is 14.8 Å². The van der Waals surface area contributed by atoms with Crippen molar-refractivity contribution in [2.45, 2.75) is 25.7 Å². The van der Waals surface area contributed by atoms with Gasteiger partial charge in [0.25, 0.3) is 0 Å². The van der Waals surface area contributed by atoms with Crippen LogP contribution in [0.3, 0.4) is 0 Å². The summed E-state index contributed by atoms with van der Waals surface area (Å²) in [5.41, 5.74) is 0.619. The van der Waals surface area contributed by atoms with Gasteiger partial charge in [-0.1, -0.05) is 0 Å². The van der Waals surface area contributed by atoms with E-state index in [-0.39, 0.29) is 5.78 Å². The second-order valence-electron chi connectivity index (χ2n) is 5.34. The van der Waals surface area contributed by atoms with Crippen LogP contribution >= 0.6 is 15.9 Å². The second-order valence-corrected chi connectivity index (χ2v) is 6.13. The van der Waals surface area contributed by atoms with Gasteiger partial charge in [-0.05, 0) is 66.3 Å². The van der Waals surface area contributed by atoms with Gasteiger partial charge in [0.05, 0.1) is 19.8 Å². The van der Waals surface area contributed by atoms with Crippen LogP contribution in [0.2, 0.25) is 0 Å². The third-order valence-electron chi connectivity index (χ3n) is 3.96. The fourth-order valence-corrected chi connectivity index (χ4v) is 3.42. The maximum absolute atomic E-state index is 12.5. The van der Waals surface area contributed by atoms with Crippen molar-refractivity contribution in [3.05, 3.63) is 22.2 Å². The van der Waals surface area contributed by atoms with Gasteiger partial charge in [-0.25, -0.2) is 0 Å². The Bertz CT molecular complexity index is 499. The lowest BCUT2D eigenvalue weighted by atomic mass is 9.92. The lowest BCUT2D eigenvalue weighted by Gasteiger charge is -2.22. The average molecular weight is 356 g/mol. The molecule has 0 bridgehead atoms. The van der Waals surface area contributed by atoms with Gasteiger partial charge in [-0.15, -0.1) is 0 Å². The van der Waals surface area contributed by atoms with Crippen molar-refractivity contribution >= 4 is 21.7 Å². The van der Waals surface area contributed by atoms with E-state index in [0.717, 1.165) is 19.5 Å². The highest BCUT2D eigenvalue weighted by Gasteiger charge is 2.20. The van der Waals surface area contributed by atoms with Crippen LogP contribution in [0.4, 0.5) is 0 Å². The number of piperidine rings is 1. The van der Waals surface area contributed by atoms with Crippen molar-refractivity contribution in [1.29, 1.82) is 0 Å². The van der Waals surface area contributed by atoms with Crippen molar-refractivity contribution in [2.75, 3.05) is 27.3 Å². The molecule has 1 aromatic carbocycles. The van der Waals surface area contributed by atoms with Crippen LogP contribution in [-0.2, 0) is 0 Å². The Hall–Kier alpha value is -1.07. The Morgan fingerprint density at radius 1 is 1.38 bits per heavy atom. The summed E-state index contributed by atoms with van der Waals surface area (Å²) in [6, 6.07) is 3.58. The molecule has 1 fully saturated rings. The molecule has 116 valence electrons. The summed E-state index contributed by atoms with van der Waals surface area (Å²) in [5, 5.41) is 3.39. The first-order valence-corrected chi connectivity index (χ1v) is 8.11. The van der Waals surface area contributed by atoms with Crippen LogP contribution in [-0.4, -0.2) is 33.1 Å². The molecular formula is C16H22BrNO3. The smallest absolute Gasteiger partial charge is 0.166 e. The summed E-state index contributed by atoms with van der Waals surface area (Å²) in [7, 11) is 3.17. The lowest BCUT2D eigenvalue weighted by Crippen LogP contribution is -2.30. The predicted octanol–water partition coefficient (Wildman–Crippen LogP) is 3.43. The number of hydrogen-bond acceptors (Lipinski definition) is 4. The molecule has 0 aromatic heterocycles. The number of rotatable bonds is 6. The molecule has 1 aliphatic rings. The summed E-state index contributed by atoms with van der Waals surface area (Å²) in [5.74, 6) is 1.96. The molecule has 0 amide bonds. The predicted molar refractivity (Wildman–Crippen MR) is 86.4 cm³/mol. The Morgan fingerprint density at radius 2 is 2.19 bits per heavy atom. The normalized spacial score (nSPS) is 18.3. The molecule has 0 aliphatic carbocycles. The molecule has 1 saturated heterocycles. The highest BCUT2D eigenvalue weighted by Crippen LogP contribution is 2.37. The number of nitrogens with one attached hydrogen (secondary N) is 1.